The Balaban J connectivity index is 0.000000204. The Morgan fingerprint density at radius 3 is 0.821 bits per heavy atom. The van der Waals surface area contributed by atoms with Crippen LogP contribution < -0.4 is 0 Å². The molecule has 8 aromatic carbocycles. The summed E-state index contributed by atoms with van der Waals surface area (Å²) in [6.45, 7) is 58.9. The Hall–Kier alpha value is -4.82. The van der Waals surface area contributed by atoms with Gasteiger partial charge in [-0.25, -0.2) is 8.72 Å². The van der Waals surface area contributed by atoms with Crippen LogP contribution in [-0.2, 0) is 48.1 Å². The van der Waals surface area contributed by atoms with Crippen molar-refractivity contribution < 1.29 is 9.59 Å². The molecule has 4 nitrogen and oxygen atoms in total. The normalized spacial score (nSPS) is 14.8. The van der Waals surface area contributed by atoms with E-state index >= 15 is 0 Å². The summed E-state index contributed by atoms with van der Waals surface area (Å²) in [4.78, 5) is 22.3. The molecule has 1 aliphatic rings. The number of amides is 3. The molecule has 1 fully saturated rings. The monoisotopic (exact) mass is 1320 g/mol. The molecule has 84 heavy (non-hydrogen) atoms. The number of hydrogen-bond acceptors (Lipinski definition) is 2. The van der Waals surface area contributed by atoms with E-state index in [1.165, 1.54) is 118 Å². The highest BCUT2D eigenvalue weighted by Crippen LogP contribution is 2.48. The highest BCUT2D eigenvalue weighted by molar-refractivity contribution is 9.11. The van der Waals surface area contributed by atoms with E-state index in [-0.39, 0.29) is 49.2 Å². The molecule has 1 aliphatic heterocycles. The van der Waals surface area contributed by atoms with E-state index in [1.807, 2.05) is 0 Å². The van der Waals surface area contributed by atoms with Gasteiger partial charge in [0.1, 0.15) is 5.54 Å². The topological polar surface area (TPSA) is 40.6 Å². The predicted molar refractivity (Wildman–Crippen MR) is 377 cm³/mol. The number of imide groups is 1. The Bertz CT molecular complexity index is 3650. The van der Waals surface area contributed by atoms with Crippen LogP contribution in [-0.4, -0.2) is 25.3 Å². The smallest absolute Gasteiger partial charge is 0.271 e. The fraction of sp³-hybridized carbons (Fsp3) is 0.455. The number of fused-ring (bicyclic) bond motifs is 4. The van der Waals surface area contributed by atoms with E-state index in [0.717, 1.165) is 3.93 Å². The quantitative estimate of drug-likeness (QED) is 0.0983. The van der Waals surface area contributed by atoms with Crippen LogP contribution in [0.4, 0.5) is 4.79 Å². The van der Waals surface area contributed by atoms with Gasteiger partial charge in [-0.05, 0) is 213 Å². The molecular weight excluding hydrogens is 1220 g/mol. The predicted octanol–water partition coefficient (Wildman–Crippen LogP) is 24.1. The Kier molecular flexibility index (Phi) is 18.0. The van der Waals surface area contributed by atoms with E-state index in [0.29, 0.717) is 0 Å². The summed E-state index contributed by atoms with van der Waals surface area (Å²) in [5, 5.41) is 10.5. The first-order valence-electron chi connectivity index (χ1n) is 30.1. The second-order valence-corrected chi connectivity index (χ2v) is 34.9. The van der Waals surface area contributed by atoms with E-state index in [9.17, 15) is 9.59 Å². The molecule has 448 valence electrons. The molecule has 0 spiro atoms. The summed E-state index contributed by atoms with van der Waals surface area (Å²) in [6.07, 6.45) is 0. The molecule has 0 aliphatic carbocycles. The van der Waals surface area contributed by atoms with Crippen molar-refractivity contribution >= 4 is 103 Å². The molecule has 0 bridgehead atoms. The van der Waals surface area contributed by atoms with Gasteiger partial charge >= 0.3 is 6.03 Å². The van der Waals surface area contributed by atoms with Gasteiger partial charge in [0.25, 0.3) is 5.91 Å². The number of urea groups is 1. The number of carbonyl (C=O) groups excluding carboxylic acids is 2. The minimum atomic E-state index is -0.805. The van der Waals surface area contributed by atoms with E-state index in [4.69, 9.17) is 0 Å². The van der Waals surface area contributed by atoms with Crippen molar-refractivity contribution in [3.05, 3.63) is 164 Å². The molecule has 9 rings (SSSR count). The number of hydrogen-bond donors (Lipinski definition) is 0. The summed E-state index contributed by atoms with van der Waals surface area (Å²) in [5.74, 6) is -0.278. The van der Waals surface area contributed by atoms with Gasteiger partial charge in [0.2, 0.25) is 0 Å². The largest absolute Gasteiger partial charge is 0.348 e. The van der Waals surface area contributed by atoms with E-state index < -0.39 is 11.6 Å². The molecule has 1 saturated heterocycles. The maximum Gasteiger partial charge on any atom is 0.348 e. The van der Waals surface area contributed by atoms with Crippen LogP contribution in [0.3, 0.4) is 0 Å². The van der Waals surface area contributed by atoms with E-state index in [2.05, 4.69) is 330 Å². The Labute approximate surface area is 532 Å². The standard InChI is InChI=1S/C36H45Br.C36H46.C5H6Br2N2O2/c1-33(2,3)23-13-15-27-29(20-23)31(30-21-24(34(4,5)6)14-16-28(30)32(27)37)22-17-25(35(7,8)9)19-26(18-22)36(10,11)12;1-33(2,3)26-15-13-23-17-24-14-16-27(34(4,5)6)22-31(24)32(30(23)21-26)25-18-28(35(7,8)9)20-29(19-25)36(10,11)12;1-5(2)3(10)8(6)4(11)9(5)7/h13-21H,1-12H3;13-22H,1-12H3;1-2H3. The summed E-state index contributed by atoms with van der Waals surface area (Å²) >= 11 is 9.88. The first-order chi connectivity index (χ1) is 38.0. The first kappa shape index (κ1) is 66.7. The highest BCUT2D eigenvalue weighted by atomic mass is 79.9. The Morgan fingerprint density at radius 2 is 0.583 bits per heavy atom. The minimum Gasteiger partial charge on any atom is -0.271 e. The summed E-state index contributed by atoms with van der Waals surface area (Å²) in [6, 6.07) is 45.0. The molecule has 3 amide bonds. The summed E-state index contributed by atoms with van der Waals surface area (Å²) in [7, 11) is 0. The van der Waals surface area contributed by atoms with Crippen LogP contribution in [0.2, 0.25) is 0 Å². The van der Waals surface area contributed by atoms with Crippen molar-refractivity contribution in [1.82, 2.24) is 7.85 Å². The van der Waals surface area contributed by atoms with Crippen LogP contribution in [0.1, 0.15) is 225 Å². The van der Waals surface area contributed by atoms with Gasteiger partial charge in [-0.3, -0.25) is 4.79 Å². The lowest BCUT2D eigenvalue weighted by Crippen LogP contribution is -2.37. The zero-order chi connectivity index (χ0) is 63.4. The lowest BCUT2D eigenvalue weighted by Gasteiger charge is -2.28. The highest BCUT2D eigenvalue weighted by Gasteiger charge is 2.50. The molecule has 8 aromatic rings. The third-order valence-corrected chi connectivity index (χ3v) is 19.6. The average molecular weight is 1320 g/mol. The molecule has 0 saturated carbocycles. The van der Waals surface area contributed by atoms with Crippen molar-refractivity contribution in [2.24, 2.45) is 0 Å². The molecule has 0 unspecified atom stereocenters. The maximum absolute atomic E-state index is 11.2. The molecule has 0 radical (unpaired) electrons. The van der Waals surface area contributed by atoms with Crippen LogP contribution in [0, 0.1) is 0 Å². The van der Waals surface area contributed by atoms with Crippen LogP contribution in [0.25, 0.3) is 65.3 Å². The first-order valence-corrected chi connectivity index (χ1v) is 32.3. The van der Waals surface area contributed by atoms with Crippen LogP contribution in [0.5, 0.6) is 0 Å². The third kappa shape index (κ3) is 14.0. The lowest BCUT2D eigenvalue weighted by atomic mass is 9.77. The number of halogens is 3. The van der Waals surface area contributed by atoms with Crippen LogP contribution >= 0.6 is 48.2 Å². The second kappa shape index (κ2) is 22.7. The SMILES string of the molecule is CC(C)(C)c1cc(-c2c3cc(C(C)(C)C)ccc3c(Br)c3ccc(C(C)(C)C)cc23)cc(C(C)(C)C)c1.CC(C)(C)c1cc(-c2c3cc(C(C)(C)C)ccc3cc3ccc(C(C)(C)C)cc23)cc(C(C)(C)C)c1.CC1(C)C(=O)N(Br)C(=O)N1Br. The lowest BCUT2D eigenvalue weighted by molar-refractivity contribution is -0.127. The van der Waals surface area contributed by atoms with Crippen molar-refractivity contribution in [1.29, 1.82) is 0 Å². The molecule has 0 N–H and O–H groups in total. The van der Waals surface area contributed by atoms with Gasteiger partial charge in [0.05, 0.1) is 32.3 Å². The zero-order valence-corrected chi connectivity index (χ0v) is 60.6. The van der Waals surface area contributed by atoms with Gasteiger partial charge in [0, 0.05) is 4.47 Å². The fourth-order valence-corrected chi connectivity index (χ4v) is 12.6. The fourth-order valence-electron chi connectivity index (χ4n) is 10.8. The third-order valence-electron chi connectivity index (χ3n) is 16.9. The molecule has 0 aromatic heterocycles. The molecule has 1 heterocycles. The summed E-state index contributed by atoms with van der Waals surface area (Å²) < 4.78 is 3.30. The Morgan fingerprint density at radius 1 is 0.321 bits per heavy atom. The number of rotatable bonds is 2. The maximum atomic E-state index is 11.2. The van der Waals surface area contributed by atoms with Gasteiger partial charge in [0.15, 0.2) is 0 Å². The van der Waals surface area contributed by atoms with Crippen molar-refractivity contribution in [3.8, 4) is 22.3 Å². The van der Waals surface area contributed by atoms with Gasteiger partial charge in [-0.1, -0.05) is 251 Å². The number of nitrogens with zero attached hydrogens (tertiary/aromatic N) is 2. The van der Waals surface area contributed by atoms with Crippen molar-refractivity contribution in [2.45, 2.75) is 229 Å². The van der Waals surface area contributed by atoms with Crippen molar-refractivity contribution in [3.63, 3.8) is 0 Å². The molecule has 7 heteroatoms. The van der Waals surface area contributed by atoms with Gasteiger partial charge in [-0.15, -0.1) is 0 Å². The molecule has 0 atom stereocenters. The number of benzene rings is 8. The van der Waals surface area contributed by atoms with Crippen molar-refractivity contribution in [2.75, 3.05) is 0 Å². The van der Waals surface area contributed by atoms with E-state index in [1.54, 1.807) is 13.8 Å². The number of carbonyl (C=O) groups is 2. The zero-order valence-electron chi connectivity index (χ0n) is 55.8. The van der Waals surface area contributed by atoms with Crippen LogP contribution in [0.15, 0.2) is 120 Å². The minimum absolute atomic E-state index is 0.0596. The summed E-state index contributed by atoms with van der Waals surface area (Å²) in [5.41, 5.74) is 16.2. The molecular formula is C77H97Br3N2O2. The van der Waals surface area contributed by atoms with Gasteiger partial charge in [-0.2, -0.15) is 3.93 Å². The average Bonchev–Trinajstić information content (AvgIpc) is 1.53. The second-order valence-electron chi connectivity index (χ2n) is 32.6. The van der Waals surface area contributed by atoms with Gasteiger partial charge < -0.3 is 0 Å².